The molecule has 43 heavy (non-hydrogen) atoms. The molecule has 0 unspecified atom stereocenters. The van der Waals surface area contributed by atoms with Gasteiger partial charge in [-0.1, -0.05) is 18.2 Å². The summed E-state index contributed by atoms with van der Waals surface area (Å²) in [6, 6.07) is 12.8. The zero-order valence-corrected chi connectivity index (χ0v) is 22.9. The molecule has 0 radical (unpaired) electrons. The second-order valence-corrected chi connectivity index (χ2v) is 10.8. The molecule has 4 aromatic rings. The number of nitrogens with two attached hydrogens (primary N) is 1. The van der Waals surface area contributed by atoms with Crippen molar-refractivity contribution in [3.63, 3.8) is 0 Å². The first-order valence-electron chi connectivity index (χ1n) is 13.6. The summed E-state index contributed by atoms with van der Waals surface area (Å²) in [5.41, 5.74) is 5.15. The molecule has 0 aliphatic carbocycles. The number of likely N-dealkylation sites (tertiary alicyclic amines) is 1. The van der Waals surface area contributed by atoms with Crippen molar-refractivity contribution in [3.05, 3.63) is 89.6 Å². The maximum absolute atomic E-state index is 15.2. The van der Waals surface area contributed by atoms with Crippen molar-refractivity contribution in [2.45, 2.75) is 25.6 Å². The lowest BCUT2D eigenvalue weighted by Gasteiger charge is -2.52. The molecule has 224 valence electrons. The van der Waals surface area contributed by atoms with Gasteiger partial charge in [-0.2, -0.15) is 18.3 Å². The first-order chi connectivity index (χ1) is 20.6. The molecule has 9 nitrogen and oxygen atoms in total. The Balaban J connectivity index is 1.17. The number of hydrogen-bond acceptors (Lipinski definition) is 7. The number of anilines is 2. The fraction of sp³-hybridized carbons (Fsp3) is 0.300. The summed E-state index contributed by atoms with van der Waals surface area (Å²) < 4.78 is 69.1. The minimum Gasteiger partial charge on any atom is -0.454 e. The molecule has 6 rings (SSSR count). The van der Waals surface area contributed by atoms with Crippen LogP contribution in [0.4, 0.5) is 29.1 Å². The summed E-state index contributed by atoms with van der Waals surface area (Å²) in [7, 11) is 0. The van der Waals surface area contributed by atoms with Gasteiger partial charge in [0.1, 0.15) is 11.6 Å². The highest BCUT2D eigenvalue weighted by Gasteiger charge is 2.44. The van der Waals surface area contributed by atoms with E-state index in [2.05, 4.69) is 20.3 Å². The molecule has 1 spiro atoms. The van der Waals surface area contributed by atoms with Crippen molar-refractivity contribution in [1.29, 1.82) is 0 Å². The summed E-state index contributed by atoms with van der Waals surface area (Å²) in [6.45, 7) is 3.79. The van der Waals surface area contributed by atoms with Crippen LogP contribution >= 0.6 is 0 Å². The Hall–Kier alpha value is -4.49. The number of aromatic nitrogens is 3. The molecule has 13 heteroatoms. The Morgan fingerprint density at radius 2 is 1.81 bits per heavy atom. The predicted octanol–water partition coefficient (Wildman–Crippen LogP) is 5.66. The maximum Gasteiger partial charge on any atom is 0.434 e. The van der Waals surface area contributed by atoms with Gasteiger partial charge in [-0.3, -0.25) is 9.69 Å². The first kappa shape index (κ1) is 28.6. The molecule has 2 fully saturated rings. The Bertz CT molecular complexity index is 1630. The van der Waals surface area contributed by atoms with E-state index in [0.717, 1.165) is 51.4 Å². The number of ether oxygens (including phenoxy) is 2. The Kier molecular flexibility index (Phi) is 7.52. The first-order valence-corrected chi connectivity index (χ1v) is 13.6. The summed E-state index contributed by atoms with van der Waals surface area (Å²) in [5, 5.41) is 6.11. The zero-order valence-electron chi connectivity index (χ0n) is 22.9. The van der Waals surface area contributed by atoms with Crippen LogP contribution in [0, 0.1) is 11.2 Å². The predicted molar refractivity (Wildman–Crippen MR) is 149 cm³/mol. The molecule has 0 atom stereocenters. The Morgan fingerprint density at radius 3 is 2.51 bits per heavy atom. The Morgan fingerprint density at radius 1 is 1.07 bits per heavy atom. The third kappa shape index (κ3) is 5.90. The number of nitrogens with zero attached hydrogens (tertiary/aromatic N) is 4. The van der Waals surface area contributed by atoms with Crippen molar-refractivity contribution in [1.82, 2.24) is 19.7 Å². The van der Waals surface area contributed by atoms with E-state index < -0.39 is 29.2 Å². The molecule has 1 amide bonds. The number of rotatable bonds is 7. The van der Waals surface area contributed by atoms with E-state index in [9.17, 15) is 18.0 Å². The number of halogens is 4. The fourth-order valence-corrected chi connectivity index (χ4v) is 5.63. The van der Waals surface area contributed by atoms with Crippen LogP contribution in [0.5, 0.6) is 11.5 Å². The van der Waals surface area contributed by atoms with Crippen LogP contribution in [0.3, 0.4) is 0 Å². The molecule has 4 heterocycles. The lowest BCUT2D eigenvalue weighted by atomic mass is 9.73. The van der Waals surface area contributed by atoms with Gasteiger partial charge < -0.3 is 20.5 Å². The number of para-hydroxylation sites is 1. The van der Waals surface area contributed by atoms with E-state index in [1.807, 2.05) is 0 Å². The van der Waals surface area contributed by atoms with Gasteiger partial charge in [-0.15, -0.1) is 0 Å². The second-order valence-electron chi connectivity index (χ2n) is 10.8. The van der Waals surface area contributed by atoms with Gasteiger partial charge in [0.25, 0.3) is 5.91 Å². The minimum atomic E-state index is -4.88. The number of carbonyl (C=O) groups excluding carboxylic acids is 1. The third-order valence-electron chi connectivity index (χ3n) is 7.79. The van der Waals surface area contributed by atoms with Crippen LogP contribution in [0.15, 0.2) is 67.0 Å². The van der Waals surface area contributed by atoms with Crippen molar-refractivity contribution in [2.24, 2.45) is 5.41 Å². The number of amides is 1. The van der Waals surface area contributed by atoms with Crippen molar-refractivity contribution in [3.8, 4) is 17.2 Å². The average molecular weight is 597 g/mol. The third-order valence-corrected chi connectivity index (χ3v) is 7.79. The zero-order chi connectivity index (χ0) is 30.2. The molecule has 2 aromatic heterocycles. The van der Waals surface area contributed by atoms with Crippen LogP contribution in [0.1, 0.15) is 34.5 Å². The molecule has 2 aliphatic heterocycles. The lowest BCUT2D eigenvalue weighted by Crippen LogP contribution is -2.57. The van der Waals surface area contributed by atoms with Gasteiger partial charge in [0, 0.05) is 56.2 Å². The maximum atomic E-state index is 15.2. The van der Waals surface area contributed by atoms with E-state index in [1.165, 1.54) is 30.5 Å². The molecular weight excluding hydrogens is 568 g/mol. The van der Waals surface area contributed by atoms with Gasteiger partial charge in [-0.25, -0.2) is 14.1 Å². The normalized spacial score (nSPS) is 16.6. The molecule has 2 saturated heterocycles. The van der Waals surface area contributed by atoms with Crippen molar-refractivity contribution in [2.75, 3.05) is 37.4 Å². The summed E-state index contributed by atoms with van der Waals surface area (Å²) in [6.07, 6.45) is -0.568. The van der Waals surface area contributed by atoms with Gasteiger partial charge in [-0.05, 0) is 43.2 Å². The van der Waals surface area contributed by atoms with Gasteiger partial charge in [0.05, 0.1) is 23.0 Å². The topological polar surface area (TPSA) is 108 Å². The van der Waals surface area contributed by atoms with E-state index in [4.69, 9.17) is 15.2 Å². The standard InChI is InChI=1S/C30H28F4N6O3/c31-23-14-19(38-28(41)21-15-37-40(26(21)30(32,33)34)20-4-2-1-3-5-20)6-7-25(23)43-24-8-11-36-27(35)22(24)16-39-17-29(18-39)9-12-42-13-10-29/h1-8,11,14-15H,9-10,12-13,16-18H2,(H2,35,36)(H,38,41). The number of alkyl halides is 3. The molecular formula is C30H28F4N6O3. The number of hydrogen-bond donors (Lipinski definition) is 2. The number of nitrogen functional groups attached to an aromatic ring is 1. The number of carbonyl (C=O) groups is 1. The second kappa shape index (κ2) is 11.3. The van der Waals surface area contributed by atoms with Gasteiger partial charge >= 0.3 is 6.18 Å². The van der Waals surface area contributed by atoms with E-state index in [-0.39, 0.29) is 28.4 Å². The molecule has 3 N–H and O–H groups in total. The van der Waals surface area contributed by atoms with E-state index in [0.29, 0.717) is 22.5 Å². The van der Waals surface area contributed by atoms with Crippen molar-refractivity contribution >= 4 is 17.4 Å². The summed E-state index contributed by atoms with van der Waals surface area (Å²) >= 11 is 0. The number of nitrogens with one attached hydrogen (secondary N) is 1. The van der Waals surface area contributed by atoms with Gasteiger partial charge in [0.15, 0.2) is 17.3 Å². The molecule has 2 aliphatic rings. The minimum absolute atomic E-state index is 0.0627. The largest absolute Gasteiger partial charge is 0.454 e. The SMILES string of the molecule is Nc1nccc(Oc2ccc(NC(=O)c3cnn(-c4ccccc4)c3C(F)(F)F)cc2F)c1CN1CC2(CCOCC2)C1. The number of pyridine rings is 1. The van der Waals surface area contributed by atoms with Crippen LogP contribution in [0.25, 0.3) is 5.69 Å². The average Bonchev–Trinajstić information content (AvgIpc) is 3.43. The Labute approximate surface area is 244 Å². The highest BCUT2D eigenvalue weighted by atomic mass is 19.4. The van der Waals surface area contributed by atoms with Crippen LogP contribution in [-0.4, -0.2) is 51.9 Å². The van der Waals surface area contributed by atoms with Crippen LogP contribution in [0.2, 0.25) is 0 Å². The van der Waals surface area contributed by atoms with Crippen LogP contribution in [-0.2, 0) is 17.5 Å². The van der Waals surface area contributed by atoms with E-state index >= 15 is 4.39 Å². The summed E-state index contributed by atoms with van der Waals surface area (Å²) in [5.74, 6) is -1.48. The monoisotopic (exact) mass is 596 g/mol. The van der Waals surface area contributed by atoms with Crippen LogP contribution < -0.4 is 15.8 Å². The highest BCUT2D eigenvalue weighted by Crippen LogP contribution is 2.42. The van der Waals surface area contributed by atoms with Gasteiger partial charge in [0.2, 0.25) is 0 Å². The lowest BCUT2D eigenvalue weighted by molar-refractivity contribution is -0.143. The quantitative estimate of drug-likeness (QED) is 0.265. The van der Waals surface area contributed by atoms with Crippen molar-refractivity contribution < 1.29 is 31.8 Å². The smallest absolute Gasteiger partial charge is 0.434 e. The highest BCUT2D eigenvalue weighted by molar-refractivity contribution is 6.05. The fourth-order valence-electron chi connectivity index (χ4n) is 5.63. The molecule has 2 aromatic carbocycles. The number of benzene rings is 2. The molecule has 0 saturated carbocycles. The summed E-state index contributed by atoms with van der Waals surface area (Å²) in [4.78, 5) is 19.3. The van der Waals surface area contributed by atoms with E-state index in [1.54, 1.807) is 24.3 Å². The molecule has 0 bridgehead atoms.